The van der Waals surface area contributed by atoms with E-state index in [1.807, 2.05) is 24.3 Å². The SMILES string of the molecule is O=C(NCCCN1CCCCCC1)C1CCCN(Cc2nc(-c3ccc(Cl)cc3)no2)C1. The van der Waals surface area contributed by atoms with Gasteiger partial charge in [0.1, 0.15) is 0 Å². The van der Waals surface area contributed by atoms with Crippen molar-refractivity contribution in [2.75, 3.05) is 39.3 Å². The van der Waals surface area contributed by atoms with Crippen LogP contribution in [0.25, 0.3) is 11.4 Å². The van der Waals surface area contributed by atoms with Crippen LogP contribution in [0.15, 0.2) is 28.8 Å². The lowest BCUT2D eigenvalue weighted by Gasteiger charge is -2.31. The summed E-state index contributed by atoms with van der Waals surface area (Å²) in [5.41, 5.74) is 0.875. The summed E-state index contributed by atoms with van der Waals surface area (Å²) >= 11 is 5.95. The van der Waals surface area contributed by atoms with Gasteiger partial charge in [-0.2, -0.15) is 4.98 Å². The quantitative estimate of drug-likeness (QED) is 0.602. The summed E-state index contributed by atoms with van der Waals surface area (Å²) < 4.78 is 5.45. The molecule has 4 rings (SSSR count). The van der Waals surface area contributed by atoms with Crippen molar-refractivity contribution in [2.45, 2.75) is 51.5 Å². The van der Waals surface area contributed by atoms with Crippen molar-refractivity contribution in [3.8, 4) is 11.4 Å². The summed E-state index contributed by atoms with van der Waals surface area (Å²) in [6.45, 7) is 6.51. The summed E-state index contributed by atoms with van der Waals surface area (Å²) in [6.07, 6.45) is 8.31. The zero-order valence-corrected chi connectivity index (χ0v) is 19.5. The maximum absolute atomic E-state index is 12.7. The van der Waals surface area contributed by atoms with E-state index in [0.29, 0.717) is 23.3 Å². The van der Waals surface area contributed by atoms with Crippen molar-refractivity contribution in [2.24, 2.45) is 5.92 Å². The normalized spacial score (nSPS) is 20.7. The maximum Gasteiger partial charge on any atom is 0.241 e. The van der Waals surface area contributed by atoms with Gasteiger partial charge in [-0.3, -0.25) is 9.69 Å². The molecule has 1 N–H and O–H groups in total. The molecule has 2 saturated heterocycles. The second-order valence-electron chi connectivity index (χ2n) is 8.99. The van der Waals surface area contributed by atoms with E-state index in [-0.39, 0.29) is 11.8 Å². The molecule has 32 heavy (non-hydrogen) atoms. The molecule has 0 radical (unpaired) electrons. The highest BCUT2D eigenvalue weighted by atomic mass is 35.5. The van der Waals surface area contributed by atoms with Gasteiger partial charge in [0.15, 0.2) is 0 Å². The smallest absolute Gasteiger partial charge is 0.241 e. The van der Waals surface area contributed by atoms with Crippen molar-refractivity contribution >= 4 is 17.5 Å². The van der Waals surface area contributed by atoms with Crippen LogP contribution in [0.5, 0.6) is 0 Å². The van der Waals surface area contributed by atoms with Crippen LogP contribution in [0.4, 0.5) is 0 Å². The Balaban J connectivity index is 1.20. The van der Waals surface area contributed by atoms with Crippen LogP contribution in [0.2, 0.25) is 5.02 Å². The van der Waals surface area contributed by atoms with Gasteiger partial charge < -0.3 is 14.7 Å². The molecule has 1 unspecified atom stereocenters. The van der Waals surface area contributed by atoms with Crippen LogP contribution >= 0.6 is 11.6 Å². The highest BCUT2D eigenvalue weighted by Crippen LogP contribution is 2.21. The highest BCUT2D eigenvalue weighted by molar-refractivity contribution is 6.30. The fourth-order valence-electron chi connectivity index (χ4n) is 4.66. The standard InChI is InChI=1S/C24H34ClN5O2/c25-21-10-8-19(9-11-21)23-27-22(32-28-23)18-30-15-5-7-20(17-30)24(31)26-12-6-16-29-13-3-1-2-4-14-29/h8-11,20H,1-7,12-18H2,(H,26,31). The van der Waals surface area contributed by atoms with Gasteiger partial charge >= 0.3 is 0 Å². The molecule has 2 fully saturated rings. The van der Waals surface area contributed by atoms with Gasteiger partial charge in [-0.1, -0.05) is 29.6 Å². The molecule has 0 saturated carbocycles. The molecule has 2 aromatic rings. The fraction of sp³-hybridized carbons (Fsp3) is 0.625. The average molecular weight is 460 g/mol. The molecule has 0 bridgehead atoms. The van der Waals surface area contributed by atoms with E-state index in [9.17, 15) is 4.79 Å². The Morgan fingerprint density at radius 3 is 2.59 bits per heavy atom. The van der Waals surface area contributed by atoms with Crippen molar-refractivity contribution in [1.82, 2.24) is 25.3 Å². The third-order valence-corrected chi connectivity index (χ3v) is 6.71. The monoisotopic (exact) mass is 459 g/mol. The van der Waals surface area contributed by atoms with Crippen molar-refractivity contribution in [1.29, 1.82) is 0 Å². The zero-order chi connectivity index (χ0) is 22.2. The van der Waals surface area contributed by atoms with E-state index in [0.717, 1.165) is 51.0 Å². The number of carbonyl (C=O) groups is 1. The fourth-order valence-corrected chi connectivity index (χ4v) is 4.78. The number of likely N-dealkylation sites (tertiary alicyclic amines) is 2. The Hall–Kier alpha value is -1.96. The van der Waals surface area contributed by atoms with E-state index in [4.69, 9.17) is 16.1 Å². The Morgan fingerprint density at radius 2 is 1.81 bits per heavy atom. The molecule has 8 heteroatoms. The molecule has 1 aromatic heterocycles. The number of nitrogens with one attached hydrogen (secondary N) is 1. The lowest BCUT2D eigenvalue weighted by Crippen LogP contribution is -2.43. The Labute approximate surface area is 195 Å². The van der Waals surface area contributed by atoms with Gasteiger partial charge in [-0.25, -0.2) is 0 Å². The summed E-state index contributed by atoms with van der Waals surface area (Å²) in [4.78, 5) is 22.0. The predicted molar refractivity (Wildman–Crippen MR) is 125 cm³/mol. The van der Waals surface area contributed by atoms with E-state index < -0.39 is 0 Å². The first kappa shape index (κ1) is 23.2. The number of carbonyl (C=O) groups excluding carboxylic acids is 1. The molecule has 2 aliphatic rings. The first-order chi connectivity index (χ1) is 15.7. The summed E-state index contributed by atoms with van der Waals surface area (Å²) in [5.74, 6) is 1.35. The molecule has 174 valence electrons. The van der Waals surface area contributed by atoms with Crippen molar-refractivity contribution in [3.63, 3.8) is 0 Å². The lowest BCUT2D eigenvalue weighted by molar-refractivity contribution is -0.126. The molecule has 0 spiro atoms. The number of hydrogen-bond donors (Lipinski definition) is 1. The Kier molecular flexibility index (Phi) is 8.54. The minimum absolute atomic E-state index is 0.0283. The number of benzene rings is 1. The van der Waals surface area contributed by atoms with Crippen molar-refractivity contribution in [3.05, 3.63) is 35.2 Å². The van der Waals surface area contributed by atoms with E-state index in [1.54, 1.807) is 0 Å². The molecule has 1 aromatic carbocycles. The Bertz CT molecular complexity index is 848. The molecule has 2 aliphatic heterocycles. The summed E-state index contributed by atoms with van der Waals surface area (Å²) in [6, 6.07) is 7.39. The van der Waals surface area contributed by atoms with E-state index >= 15 is 0 Å². The number of halogens is 1. The van der Waals surface area contributed by atoms with Crippen LogP contribution in [0.1, 0.15) is 50.8 Å². The van der Waals surface area contributed by atoms with Gasteiger partial charge in [0, 0.05) is 23.7 Å². The van der Waals surface area contributed by atoms with Crippen LogP contribution < -0.4 is 5.32 Å². The van der Waals surface area contributed by atoms with Gasteiger partial charge in [-0.05, 0) is 82.5 Å². The highest BCUT2D eigenvalue weighted by Gasteiger charge is 2.26. The third kappa shape index (κ3) is 6.77. The number of aromatic nitrogens is 2. The lowest BCUT2D eigenvalue weighted by atomic mass is 9.97. The predicted octanol–water partition coefficient (Wildman–Crippen LogP) is 3.98. The first-order valence-electron chi connectivity index (χ1n) is 12.0. The minimum Gasteiger partial charge on any atom is -0.356 e. The molecule has 3 heterocycles. The second kappa shape index (κ2) is 11.8. The largest absolute Gasteiger partial charge is 0.356 e. The number of nitrogens with zero attached hydrogens (tertiary/aromatic N) is 4. The van der Waals surface area contributed by atoms with Crippen LogP contribution in [-0.4, -0.2) is 65.1 Å². The van der Waals surface area contributed by atoms with Crippen LogP contribution in [0.3, 0.4) is 0 Å². The average Bonchev–Trinajstić information content (AvgIpc) is 3.11. The Morgan fingerprint density at radius 1 is 1.06 bits per heavy atom. The van der Waals surface area contributed by atoms with E-state index in [1.165, 1.54) is 38.8 Å². The number of rotatable bonds is 8. The van der Waals surface area contributed by atoms with Gasteiger partial charge in [0.05, 0.1) is 12.5 Å². The van der Waals surface area contributed by atoms with Gasteiger partial charge in [0.2, 0.25) is 17.6 Å². The molecule has 7 nitrogen and oxygen atoms in total. The van der Waals surface area contributed by atoms with Gasteiger partial charge in [0.25, 0.3) is 0 Å². The molecule has 1 amide bonds. The van der Waals surface area contributed by atoms with Crippen LogP contribution in [0, 0.1) is 5.92 Å². The number of hydrogen-bond acceptors (Lipinski definition) is 6. The van der Waals surface area contributed by atoms with E-state index in [2.05, 4.69) is 25.3 Å². The third-order valence-electron chi connectivity index (χ3n) is 6.45. The topological polar surface area (TPSA) is 74.5 Å². The summed E-state index contributed by atoms with van der Waals surface area (Å²) in [5, 5.41) is 7.94. The molecular weight excluding hydrogens is 426 g/mol. The van der Waals surface area contributed by atoms with Gasteiger partial charge in [-0.15, -0.1) is 0 Å². The summed E-state index contributed by atoms with van der Waals surface area (Å²) in [7, 11) is 0. The second-order valence-corrected chi connectivity index (χ2v) is 9.43. The first-order valence-corrected chi connectivity index (χ1v) is 12.4. The number of amides is 1. The molecular formula is C24H34ClN5O2. The zero-order valence-electron chi connectivity index (χ0n) is 18.8. The minimum atomic E-state index is 0.0283. The molecule has 1 atom stereocenters. The van der Waals surface area contributed by atoms with Crippen LogP contribution in [-0.2, 0) is 11.3 Å². The van der Waals surface area contributed by atoms with Crippen molar-refractivity contribution < 1.29 is 9.32 Å². The number of piperidine rings is 1. The maximum atomic E-state index is 12.7. The molecule has 0 aliphatic carbocycles.